The van der Waals surface area contributed by atoms with Crippen molar-refractivity contribution in [2.45, 2.75) is 32.9 Å². The van der Waals surface area contributed by atoms with Crippen LogP contribution in [0.2, 0.25) is 0 Å². The highest BCUT2D eigenvalue weighted by atomic mass is 19.1. The Morgan fingerprint density at radius 2 is 2.13 bits per heavy atom. The molecule has 1 aliphatic rings. The van der Waals surface area contributed by atoms with Gasteiger partial charge >= 0.3 is 0 Å². The van der Waals surface area contributed by atoms with Gasteiger partial charge in [-0.25, -0.2) is 18.8 Å². The number of nitrogens with zero attached hydrogens (tertiary/aromatic N) is 3. The summed E-state index contributed by atoms with van der Waals surface area (Å²) in [4.78, 5) is 11.3. The highest BCUT2D eigenvalue weighted by molar-refractivity contribution is 5.79. The number of nitrogens with one attached hydrogen (secondary N) is 2. The molecule has 1 unspecified atom stereocenters. The van der Waals surface area contributed by atoms with Gasteiger partial charge in [-0.15, -0.1) is 0 Å². The van der Waals surface area contributed by atoms with E-state index in [1.807, 2.05) is 19.1 Å². The predicted molar refractivity (Wildman–Crippen MR) is 115 cm³/mol. The van der Waals surface area contributed by atoms with Crippen LogP contribution in [0.25, 0.3) is 0 Å². The van der Waals surface area contributed by atoms with E-state index in [9.17, 15) is 8.78 Å². The van der Waals surface area contributed by atoms with Crippen LogP contribution in [-0.2, 0) is 17.7 Å². The summed E-state index contributed by atoms with van der Waals surface area (Å²) in [6, 6.07) is 7.50. The molecule has 1 aromatic heterocycles. The second-order valence-electron chi connectivity index (χ2n) is 7.26. The summed E-state index contributed by atoms with van der Waals surface area (Å²) < 4.78 is 32.7. The van der Waals surface area contributed by atoms with E-state index >= 15 is 0 Å². The largest absolute Gasteiger partial charge is 0.375 e. The fourth-order valence-electron chi connectivity index (χ4n) is 3.32. The molecule has 0 spiro atoms. The Kier molecular flexibility index (Phi) is 7.96. The van der Waals surface area contributed by atoms with Gasteiger partial charge < -0.3 is 20.3 Å². The van der Waals surface area contributed by atoms with E-state index in [1.165, 1.54) is 6.07 Å². The standard InChI is InChI=1S/C22H29F2N5O/c1-3-25-22(27-9-7-18-13-19(23)4-5-20(18)24)28-14-17-6-8-26-21(12-17)29-10-11-30-16(2)15-29/h4-6,8,12-13,16H,3,7,9-11,14-15H2,1-2H3,(H2,25,27,28). The van der Waals surface area contributed by atoms with E-state index < -0.39 is 11.6 Å². The maximum atomic E-state index is 13.8. The highest BCUT2D eigenvalue weighted by Gasteiger charge is 2.18. The number of anilines is 1. The van der Waals surface area contributed by atoms with E-state index in [2.05, 4.69) is 32.4 Å². The molecule has 162 valence electrons. The Morgan fingerprint density at radius 3 is 2.93 bits per heavy atom. The summed E-state index contributed by atoms with van der Waals surface area (Å²) in [6.45, 7) is 8.01. The van der Waals surface area contributed by atoms with Crippen molar-refractivity contribution in [1.82, 2.24) is 15.6 Å². The molecule has 8 heteroatoms. The minimum atomic E-state index is -0.435. The van der Waals surface area contributed by atoms with E-state index in [0.717, 1.165) is 36.6 Å². The van der Waals surface area contributed by atoms with Crippen LogP contribution >= 0.6 is 0 Å². The third-order valence-electron chi connectivity index (χ3n) is 4.83. The zero-order valence-corrected chi connectivity index (χ0v) is 17.5. The number of rotatable bonds is 7. The van der Waals surface area contributed by atoms with Gasteiger partial charge in [-0.05, 0) is 61.7 Å². The molecule has 0 saturated carbocycles. The molecule has 1 aromatic carbocycles. The molecular weight excluding hydrogens is 388 g/mol. The van der Waals surface area contributed by atoms with Gasteiger partial charge in [0.15, 0.2) is 5.96 Å². The van der Waals surface area contributed by atoms with Crippen LogP contribution in [-0.4, -0.2) is 49.8 Å². The SMILES string of the molecule is CCNC(=NCc1ccnc(N2CCOC(C)C2)c1)NCCc1cc(F)ccc1F. The normalized spacial score (nSPS) is 17.1. The number of benzene rings is 1. The lowest BCUT2D eigenvalue weighted by Crippen LogP contribution is -2.41. The molecular formula is C22H29F2N5O. The zero-order chi connectivity index (χ0) is 21.3. The van der Waals surface area contributed by atoms with Gasteiger partial charge in [0.1, 0.15) is 17.5 Å². The minimum absolute atomic E-state index is 0.190. The third kappa shape index (κ3) is 6.38. The first-order valence-electron chi connectivity index (χ1n) is 10.3. The van der Waals surface area contributed by atoms with Crippen LogP contribution in [0.5, 0.6) is 0 Å². The smallest absolute Gasteiger partial charge is 0.191 e. The third-order valence-corrected chi connectivity index (χ3v) is 4.83. The van der Waals surface area contributed by atoms with E-state index in [-0.39, 0.29) is 6.10 Å². The van der Waals surface area contributed by atoms with Crippen LogP contribution in [0.4, 0.5) is 14.6 Å². The number of halogens is 2. The van der Waals surface area contributed by atoms with Crippen LogP contribution in [0.15, 0.2) is 41.5 Å². The van der Waals surface area contributed by atoms with Crippen molar-refractivity contribution in [2.75, 3.05) is 37.7 Å². The Morgan fingerprint density at radius 1 is 1.27 bits per heavy atom. The highest BCUT2D eigenvalue weighted by Crippen LogP contribution is 2.17. The number of aromatic nitrogens is 1. The Hall–Kier alpha value is -2.74. The van der Waals surface area contributed by atoms with Crippen molar-refractivity contribution in [2.24, 2.45) is 4.99 Å². The van der Waals surface area contributed by atoms with E-state index in [4.69, 9.17) is 4.74 Å². The van der Waals surface area contributed by atoms with Gasteiger partial charge in [0.25, 0.3) is 0 Å². The van der Waals surface area contributed by atoms with Gasteiger partial charge in [0, 0.05) is 32.4 Å². The maximum Gasteiger partial charge on any atom is 0.191 e. The Balaban J connectivity index is 1.59. The van der Waals surface area contributed by atoms with Crippen LogP contribution < -0.4 is 15.5 Å². The maximum absolute atomic E-state index is 13.8. The Bertz CT molecular complexity index is 861. The zero-order valence-electron chi connectivity index (χ0n) is 17.5. The average Bonchev–Trinajstić information content (AvgIpc) is 2.74. The van der Waals surface area contributed by atoms with Crippen molar-refractivity contribution >= 4 is 11.8 Å². The summed E-state index contributed by atoms with van der Waals surface area (Å²) in [7, 11) is 0. The number of aliphatic imine (C=N–C) groups is 1. The summed E-state index contributed by atoms with van der Waals surface area (Å²) >= 11 is 0. The number of ether oxygens (including phenoxy) is 1. The van der Waals surface area contributed by atoms with Crippen molar-refractivity contribution in [3.63, 3.8) is 0 Å². The van der Waals surface area contributed by atoms with Crippen molar-refractivity contribution < 1.29 is 13.5 Å². The lowest BCUT2D eigenvalue weighted by molar-refractivity contribution is 0.0529. The number of pyridine rings is 1. The molecule has 1 aliphatic heterocycles. The molecule has 0 bridgehead atoms. The molecule has 3 rings (SSSR count). The first kappa shape index (κ1) is 22.0. The summed E-state index contributed by atoms with van der Waals surface area (Å²) in [5, 5.41) is 6.35. The first-order valence-corrected chi connectivity index (χ1v) is 10.3. The van der Waals surface area contributed by atoms with Gasteiger partial charge in [-0.3, -0.25) is 0 Å². The number of hydrogen-bond acceptors (Lipinski definition) is 4. The predicted octanol–water partition coefficient (Wildman–Crippen LogP) is 2.88. The monoisotopic (exact) mass is 417 g/mol. The molecule has 0 radical (unpaired) electrons. The Labute approximate surface area is 176 Å². The molecule has 2 aromatic rings. The number of guanidine groups is 1. The van der Waals surface area contributed by atoms with Crippen LogP contribution in [0.1, 0.15) is 25.0 Å². The molecule has 1 atom stereocenters. The summed E-state index contributed by atoms with van der Waals surface area (Å²) in [5.41, 5.74) is 1.39. The van der Waals surface area contributed by atoms with Gasteiger partial charge in [0.2, 0.25) is 0 Å². The van der Waals surface area contributed by atoms with Crippen LogP contribution in [0.3, 0.4) is 0 Å². The quantitative estimate of drug-likeness (QED) is 0.536. The summed E-state index contributed by atoms with van der Waals surface area (Å²) in [6.07, 6.45) is 2.35. The van der Waals surface area contributed by atoms with Crippen molar-refractivity contribution in [3.8, 4) is 0 Å². The summed E-state index contributed by atoms with van der Waals surface area (Å²) in [5.74, 6) is 0.724. The average molecular weight is 418 g/mol. The molecule has 2 heterocycles. The van der Waals surface area contributed by atoms with E-state index in [1.54, 1.807) is 6.20 Å². The van der Waals surface area contributed by atoms with Crippen molar-refractivity contribution in [1.29, 1.82) is 0 Å². The van der Waals surface area contributed by atoms with Gasteiger partial charge in [0.05, 0.1) is 19.3 Å². The molecule has 30 heavy (non-hydrogen) atoms. The molecule has 1 fully saturated rings. The molecule has 2 N–H and O–H groups in total. The molecule has 6 nitrogen and oxygen atoms in total. The number of morpholine rings is 1. The number of hydrogen-bond donors (Lipinski definition) is 2. The fourth-order valence-corrected chi connectivity index (χ4v) is 3.32. The molecule has 1 saturated heterocycles. The fraction of sp³-hybridized carbons (Fsp3) is 0.455. The topological polar surface area (TPSA) is 61.8 Å². The lowest BCUT2D eigenvalue weighted by Gasteiger charge is -2.32. The molecule has 0 amide bonds. The second-order valence-corrected chi connectivity index (χ2v) is 7.26. The van der Waals surface area contributed by atoms with Crippen molar-refractivity contribution in [3.05, 3.63) is 59.3 Å². The first-order chi connectivity index (χ1) is 14.5. The second kappa shape index (κ2) is 10.9. The van der Waals surface area contributed by atoms with Gasteiger partial charge in [-0.1, -0.05) is 0 Å². The molecule has 0 aliphatic carbocycles. The van der Waals surface area contributed by atoms with Crippen LogP contribution in [0, 0.1) is 11.6 Å². The van der Waals surface area contributed by atoms with E-state index in [0.29, 0.717) is 44.2 Å². The minimum Gasteiger partial charge on any atom is -0.375 e. The van der Waals surface area contributed by atoms with Gasteiger partial charge in [-0.2, -0.15) is 0 Å². The lowest BCUT2D eigenvalue weighted by atomic mass is 10.1.